The van der Waals surface area contributed by atoms with E-state index in [1.54, 1.807) is 13.0 Å². The van der Waals surface area contributed by atoms with Gasteiger partial charge in [0.15, 0.2) is 0 Å². The Morgan fingerprint density at radius 1 is 0.968 bits per heavy atom. The van der Waals surface area contributed by atoms with Crippen molar-refractivity contribution < 1.29 is 18.0 Å². The smallest absolute Gasteiger partial charge is 0.382 e. The molecule has 2 N–H and O–H groups in total. The fourth-order valence-corrected chi connectivity index (χ4v) is 4.66. The van der Waals surface area contributed by atoms with Crippen molar-refractivity contribution in [2.24, 2.45) is 0 Å². The number of fused-ring (bicyclic) bond motifs is 1. The lowest BCUT2D eigenvalue weighted by atomic mass is 9.89. The molecule has 0 radical (unpaired) electrons. The maximum atomic E-state index is 13.0. The van der Waals surface area contributed by atoms with Crippen molar-refractivity contribution in [3.05, 3.63) is 58.4 Å². The van der Waals surface area contributed by atoms with Gasteiger partial charge in [-0.15, -0.1) is 0 Å². The van der Waals surface area contributed by atoms with Crippen LogP contribution in [0.1, 0.15) is 71.4 Å². The highest BCUT2D eigenvalue weighted by atomic mass is 19.4. The van der Waals surface area contributed by atoms with E-state index in [2.05, 4.69) is 21.7 Å². The van der Waals surface area contributed by atoms with Gasteiger partial charge in [0.05, 0.1) is 0 Å². The normalized spacial score (nSPS) is 21.3. The fourth-order valence-electron chi connectivity index (χ4n) is 4.66. The molecule has 2 aromatic rings. The van der Waals surface area contributed by atoms with Crippen molar-refractivity contribution in [3.63, 3.8) is 0 Å². The summed E-state index contributed by atoms with van der Waals surface area (Å²) in [4.78, 5) is 16.3. The van der Waals surface area contributed by atoms with Crippen LogP contribution in [0.3, 0.4) is 0 Å². The summed E-state index contributed by atoms with van der Waals surface area (Å²) in [6.07, 6.45) is 3.24. The van der Waals surface area contributed by atoms with Gasteiger partial charge in [0, 0.05) is 29.0 Å². The number of aromatic nitrogens is 1. The Bertz CT molecular complexity index is 950. The van der Waals surface area contributed by atoms with Crippen LogP contribution in [0.25, 0.3) is 0 Å². The molecule has 1 amide bonds. The SMILES string of the molecule is Cc1cc(NC2CCC(NC(=O)c3ccc4c(c3)CCCC4)CC2)cc(C(F)(F)F)n1. The number of carbonyl (C=O) groups is 1. The zero-order valence-electron chi connectivity index (χ0n) is 17.7. The highest BCUT2D eigenvalue weighted by Gasteiger charge is 2.33. The van der Waals surface area contributed by atoms with Gasteiger partial charge in [0.1, 0.15) is 5.69 Å². The van der Waals surface area contributed by atoms with Crippen molar-refractivity contribution in [3.8, 4) is 0 Å². The standard InChI is InChI=1S/C24H28F3N3O/c1-15-12-21(14-22(28-15)24(25,26)27)29-19-8-10-20(11-9-19)30-23(31)18-7-6-16-4-2-3-5-17(16)13-18/h6-7,12-14,19-20H,2-5,8-11H2,1H3,(H,28,29)(H,30,31). The number of carbonyl (C=O) groups excluding carboxylic acids is 1. The third kappa shape index (κ3) is 5.38. The molecular weight excluding hydrogens is 403 g/mol. The van der Waals surface area contributed by atoms with Gasteiger partial charge in [-0.05, 0) is 93.7 Å². The second kappa shape index (κ2) is 8.89. The van der Waals surface area contributed by atoms with Gasteiger partial charge >= 0.3 is 6.18 Å². The van der Waals surface area contributed by atoms with E-state index in [9.17, 15) is 18.0 Å². The lowest BCUT2D eigenvalue weighted by molar-refractivity contribution is -0.141. The number of benzene rings is 1. The highest BCUT2D eigenvalue weighted by Crippen LogP contribution is 2.31. The number of amides is 1. The molecule has 0 saturated heterocycles. The van der Waals surface area contributed by atoms with Crippen molar-refractivity contribution in [2.45, 2.75) is 76.6 Å². The van der Waals surface area contributed by atoms with Crippen LogP contribution in [0, 0.1) is 6.92 Å². The molecule has 1 aromatic carbocycles. The maximum Gasteiger partial charge on any atom is 0.433 e. The number of anilines is 1. The molecule has 1 aromatic heterocycles. The molecule has 1 fully saturated rings. The number of rotatable bonds is 4. The van der Waals surface area contributed by atoms with Gasteiger partial charge in [0.25, 0.3) is 5.91 Å². The van der Waals surface area contributed by atoms with Crippen LogP contribution in [0.15, 0.2) is 30.3 Å². The van der Waals surface area contributed by atoms with Crippen LogP contribution in [0.4, 0.5) is 18.9 Å². The molecule has 0 aliphatic heterocycles. The van der Waals surface area contributed by atoms with E-state index in [1.165, 1.54) is 24.0 Å². The van der Waals surface area contributed by atoms with Crippen LogP contribution in [0.2, 0.25) is 0 Å². The minimum Gasteiger partial charge on any atom is -0.382 e. The number of alkyl halides is 3. The molecule has 4 rings (SSSR count). The summed E-state index contributed by atoms with van der Waals surface area (Å²) >= 11 is 0. The summed E-state index contributed by atoms with van der Waals surface area (Å²) in [5.74, 6) is -0.0376. The Labute approximate surface area is 180 Å². The molecule has 7 heteroatoms. The fraction of sp³-hybridized carbons (Fsp3) is 0.500. The Morgan fingerprint density at radius 3 is 2.35 bits per heavy atom. The summed E-state index contributed by atoms with van der Waals surface area (Å²) in [7, 11) is 0. The minimum absolute atomic E-state index is 0.0376. The molecule has 0 atom stereocenters. The van der Waals surface area contributed by atoms with Crippen LogP contribution in [-0.2, 0) is 19.0 Å². The number of nitrogens with zero attached hydrogens (tertiary/aromatic N) is 1. The Balaban J connectivity index is 1.31. The van der Waals surface area contributed by atoms with Crippen LogP contribution in [-0.4, -0.2) is 23.0 Å². The largest absolute Gasteiger partial charge is 0.433 e. The predicted octanol–water partition coefficient (Wildman–Crippen LogP) is 5.44. The highest BCUT2D eigenvalue weighted by molar-refractivity contribution is 5.94. The molecule has 2 aliphatic rings. The zero-order valence-corrected chi connectivity index (χ0v) is 17.7. The molecule has 0 spiro atoms. The third-order valence-corrected chi connectivity index (χ3v) is 6.29. The predicted molar refractivity (Wildman–Crippen MR) is 114 cm³/mol. The van der Waals surface area contributed by atoms with E-state index in [1.807, 2.05) is 12.1 Å². The quantitative estimate of drug-likeness (QED) is 0.678. The van der Waals surface area contributed by atoms with Crippen LogP contribution in [0.5, 0.6) is 0 Å². The summed E-state index contributed by atoms with van der Waals surface area (Å²) < 4.78 is 39.0. The third-order valence-electron chi connectivity index (χ3n) is 6.29. The van der Waals surface area contributed by atoms with E-state index in [0.717, 1.165) is 44.6 Å². The summed E-state index contributed by atoms with van der Waals surface area (Å²) in [5, 5.41) is 6.36. The molecule has 4 nitrogen and oxygen atoms in total. The average molecular weight is 432 g/mol. The molecular formula is C24H28F3N3O. The van der Waals surface area contributed by atoms with Crippen molar-refractivity contribution in [2.75, 3.05) is 5.32 Å². The lowest BCUT2D eigenvalue weighted by Crippen LogP contribution is -2.40. The van der Waals surface area contributed by atoms with Crippen molar-refractivity contribution in [1.82, 2.24) is 10.3 Å². The topological polar surface area (TPSA) is 54.0 Å². The molecule has 2 aliphatic carbocycles. The molecule has 31 heavy (non-hydrogen) atoms. The van der Waals surface area contributed by atoms with Crippen molar-refractivity contribution in [1.29, 1.82) is 0 Å². The van der Waals surface area contributed by atoms with Gasteiger partial charge in [-0.25, -0.2) is 4.98 Å². The monoisotopic (exact) mass is 431 g/mol. The Morgan fingerprint density at radius 2 is 1.65 bits per heavy atom. The van der Waals surface area contributed by atoms with Gasteiger partial charge in [-0.1, -0.05) is 6.07 Å². The molecule has 166 valence electrons. The maximum absolute atomic E-state index is 13.0. The van der Waals surface area contributed by atoms with E-state index in [0.29, 0.717) is 16.9 Å². The molecule has 0 bridgehead atoms. The Kier molecular flexibility index (Phi) is 6.21. The van der Waals surface area contributed by atoms with E-state index < -0.39 is 11.9 Å². The van der Waals surface area contributed by atoms with Gasteiger partial charge < -0.3 is 10.6 Å². The first kappa shape index (κ1) is 21.7. The number of hydrogen-bond donors (Lipinski definition) is 2. The second-order valence-corrected chi connectivity index (χ2v) is 8.74. The molecule has 1 saturated carbocycles. The molecule has 1 heterocycles. The second-order valence-electron chi connectivity index (χ2n) is 8.74. The van der Waals surface area contributed by atoms with E-state index >= 15 is 0 Å². The van der Waals surface area contributed by atoms with Gasteiger partial charge in [-0.2, -0.15) is 13.2 Å². The number of halogens is 3. The van der Waals surface area contributed by atoms with Gasteiger partial charge in [0.2, 0.25) is 0 Å². The number of nitrogens with one attached hydrogen (secondary N) is 2. The van der Waals surface area contributed by atoms with Gasteiger partial charge in [-0.3, -0.25) is 4.79 Å². The lowest BCUT2D eigenvalue weighted by Gasteiger charge is -2.30. The molecule has 0 unspecified atom stereocenters. The summed E-state index contributed by atoms with van der Waals surface area (Å²) in [6.45, 7) is 1.56. The first-order valence-electron chi connectivity index (χ1n) is 11.0. The number of aryl methyl sites for hydroxylation is 3. The van der Waals surface area contributed by atoms with E-state index in [-0.39, 0.29) is 18.0 Å². The number of hydrogen-bond acceptors (Lipinski definition) is 3. The summed E-state index contributed by atoms with van der Waals surface area (Å²) in [5.41, 5.74) is 3.27. The summed E-state index contributed by atoms with van der Waals surface area (Å²) in [6, 6.07) is 8.90. The van der Waals surface area contributed by atoms with Crippen LogP contribution < -0.4 is 10.6 Å². The minimum atomic E-state index is -4.46. The first-order chi connectivity index (χ1) is 14.8. The van der Waals surface area contributed by atoms with E-state index in [4.69, 9.17) is 0 Å². The van der Waals surface area contributed by atoms with Crippen LogP contribution >= 0.6 is 0 Å². The Hall–Kier alpha value is -2.57. The number of pyridine rings is 1. The first-order valence-corrected chi connectivity index (χ1v) is 11.0. The zero-order chi connectivity index (χ0) is 22.0. The van der Waals surface area contributed by atoms with Crippen molar-refractivity contribution >= 4 is 11.6 Å². The average Bonchev–Trinajstić information content (AvgIpc) is 2.74.